The molecular weight excluding hydrogens is 795 g/mol. The number of anilines is 3. The molecule has 1 spiro atoms. The summed E-state index contributed by atoms with van der Waals surface area (Å²) < 4.78 is 0. The Hall–Kier alpha value is -7.74. The first kappa shape index (κ1) is 38.7. The van der Waals surface area contributed by atoms with Crippen molar-refractivity contribution >= 4 is 27.8 Å². The first-order valence-electron chi connectivity index (χ1n) is 23.9. The second kappa shape index (κ2) is 15.8. The van der Waals surface area contributed by atoms with E-state index in [1.807, 2.05) is 0 Å². The largest absolute Gasteiger partial charge is 0.310 e. The number of fused-ring (bicyclic) bond motifs is 11. The minimum absolute atomic E-state index is 0.397. The number of hydrogen-bond acceptors (Lipinski definition) is 1. The van der Waals surface area contributed by atoms with Gasteiger partial charge >= 0.3 is 0 Å². The number of benzene rings is 10. The Kier molecular flexibility index (Phi) is 9.24. The molecule has 3 aliphatic rings. The molecule has 0 atom stereocenters. The molecule has 314 valence electrons. The fourth-order valence-corrected chi connectivity index (χ4v) is 12.2. The molecule has 1 fully saturated rings. The summed E-state index contributed by atoms with van der Waals surface area (Å²) >= 11 is 0. The van der Waals surface area contributed by atoms with E-state index in [1.54, 1.807) is 0 Å². The summed E-state index contributed by atoms with van der Waals surface area (Å²) in [7, 11) is 0. The molecular formula is C65H49N. The third-order valence-electron chi connectivity index (χ3n) is 15.1. The van der Waals surface area contributed by atoms with Gasteiger partial charge in [-0.05, 0) is 138 Å². The normalized spacial score (nSPS) is 14.4. The van der Waals surface area contributed by atoms with Gasteiger partial charge < -0.3 is 4.90 Å². The van der Waals surface area contributed by atoms with Gasteiger partial charge in [0.1, 0.15) is 0 Å². The Morgan fingerprint density at radius 2 is 0.833 bits per heavy atom. The highest BCUT2D eigenvalue weighted by molar-refractivity contribution is 6.09. The van der Waals surface area contributed by atoms with E-state index in [0.29, 0.717) is 5.92 Å². The van der Waals surface area contributed by atoms with E-state index in [0.717, 1.165) is 17.1 Å². The zero-order valence-corrected chi connectivity index (χ0v) is 37.0. The van der Waals surface area contributed by atoms with Crippen molar-refractivity contribution in [1.82, 2.24) is 0 Å². The van der Waals surface area contributed by atoms with Gasteiger partial charge in [0.25, 0.3) is 0 Å². The number of nitrogens with zero attached hydrogens (tertiary/aromatic N) is 1. The molecule has 0 saturated heterocycles. The van der Waals surface area contributed by atoms with Crippen LogP contribution in [0.2, 0.25) is 0 Å². The van der Waals surface area contributed by atoms with Gasteiger partial charge in [0.2, 0.25) is 0 Å². The molecule has 0 bridgehead atoms. The van der Waals surface area contributed by atoms with Crippen LogP contribution in [0.15, 0.2) is 231 Å². The van der Waals surface area contributed by atoms with E-state index in [1.165, 1.54) is 126 Å². The van der Waals surface area contributed by atoms with Gasteiger partial charge in [0.05, 0.1) is 11.1 Å². The van der Waals surface area contributed by atoms with Gasteiger partial charge in [-0.2, -0.15) is 0 Å². The topological polar surface area (TPSA) is 3.24 Å². The highest BCUT2D eigenvalue weighted by Gasteiger charge is 2.51. The van der Waals surface area contributed by atoms with Crippen LogP contribution in [-0.4, -0.2) is 0 Å². The quantitative estimate of drug-likeness (QED) is 0.154. The van der Waals surface area contributed by atoms with Gasteiger partial charge in [0, 0.05) is 16.9 Å². The predicted molar refractivity (Wildman–Crippen MR) is 277 cm³/mol. The van der Waals surface area contributed by atoms with E-state index in [2.05, 4.69) is 235 Å². The maximum atomic E-state index is 2.50. The molecule has 3 aliphatic carbocycles. The van der Waals surface area contributed by atoms with Gasteiger partial charge in [0.15, 0.2) is 0 Å². The second-order valence-electron chi connectivity index (χ2n) is 18.5. The molecule has 0 aliphatic heterocycles. The molecule has 0 aromatic heterocycles. The highest BCUT2D eigenvalue weighted by Crippen LogP contribution is 2.63. The van der Waals surface area contributed by atoms with E-state index in [-0.39, 0.29) is 0 Å². The molecule has 0 unspecified atom stereocenters. The van der Waals surface area contributed by atoms with E-state index < -0.39 is 5.41 Å². The third-order valence-corrected chi connectivity index (χ3v) is 15.1. The Balaban J connectivity index is 1.00. The molecule has 1 nitrogen and oxygen atoms in total. The summed E-state index contributed by atoms with van der Waals surface area (Å²) in [5.41, 5.74) is 22.4. The van der Waals surface area contributed by atoms with E-state index >= 15 is 0 Å². The number of rotatable bonds is 7. The highest BCUT2D eigenvalue weighted by atomic mass is 15.1. The fraction of sp³-hybridized carbons (Fsp3) is 0.108. The zero-order chi connectivity index (χ0) is 43.6. The molecule has 0 N–H and O–H groups in total. The summed E-state index contributed by atoms with van der Waals surface area (Å²) in [6, 6.07) is 86.6. The maximum Gasteiger partial charge on any atom is 0.0725 e. The minimum atomic E-state index is -0.397. The van der Waals surface area contributed by atoms with Gasteiger partial charge in [-0.1, -0.05) is 219 Å². The third kappa shape index (κ3) is 6.00. The molecule has 0 amide bonds. The maximum absolute atomic E-state index is 2.50. The van der Waals surface area contributed by atoms with Crippen molar-refractivity contribution < 1.29 is 0 Å². The average molecular weight is 844 g/mol. The lowest BCUT2D eigenvalue weighted by molar-refractivity contribution is 0.443. The monoisotopic (exact) mass is 843 g/mol. The van der Waals surface area contributed by atoms with E-state index in [4.69, 9.17) is 0 Å². The second-order valence-corrected chi connectivity index (χ2v) is 18.5. The van der Waals surface area contributed by atoms with Crippen molar-refractivity contribution in [2.45, 2.75) is 43.4 Å². The minimum Gasteiger partial charge on any atom is -0.310 e. The van der Waals surface area contributed by atoms with Crippen molar-refractivity contribution in [3.8, 4) is 55.6 Å². The molecule has 0 radical (unpaired) electrons. The SMILES string of the molecule is c1ccc(-c2cccc3cccc(-c4ccccc4N(c4ccc(-c5ccc(C6CCCCC6)cc5)cc4)c4ccc5c(c4)-c4ccccc4C54c5ccccc5-c5ccccc54)c23)cc1. The Morgan fingerprint density at radius 1 is 0.333 bits per heavy atom. The summed E-state index contributed by atoms with van der Waals surface area (Å²) in [6.07, 6.45) is 6.70. The van der Waals surface area contributed by atoms with Crippen molar-refractivity contribution in [3.63, 3.8) is 0 Å². The van der Waals surface area contributed by atoms with Crippen LogP contribution in [0.25, 0.3) is 66.4 Å². The molecule has 1 saturated carbocycles. The lowest BCUT2D eigenvalue weighted by atomic mass is 9.70. The standard InChI is InChI=1S/C65H49N/c1-3-17-44(18-4-1)45-33-35-46(36-34-45)47-37-39-50(40-38-47)66(63-32-14-10-26-56(63)57-28-16-22-49-21-15-27-52(64(49)57)48-19-5-2-6-20-48)51-41-42-62-58(43-51)55-25-9-13-31-61(55)65(62)59-29-11-7-23-53(59)54-24-8-12-30-60(54)65/h2,5-16,19-44H,1,3-4,17-18H2. The lowest BCUT2D eigenvalue weighted by Gasteiger charge is -2.31. The van der Waals surface area contributed by atoms with Gasteiger partial charge in [-0.25, -0.2) is 0 Å². The summed E-state index contributed by atoms with van der Waals surface area (Å²) in [5.74, 6) is 0.696. The van der Waals surface area contributed by atoms with Crippen LogP contribution in [0.1, 0.15) is 65.8 Å². The van der Waals surface area contributed by atoms with Crippen LogP contribution in [0.4, 0.5) is 17.1 Å². The van der Waals surface area contributed by atoms with Crippen molar-refractivity contribution in [2.75, 3.05) is 4.90 Å². The summed E-state index contributed by atoms with van der Waals surface area (Å²) in [4.78, 5) is 2.50. The Morgan fingerprint density at radius 3 is 1.48 bits per heavy atom. The number of para-hydroxylation sites is 1. The predicted octanol–water partition coefficient (Wildman–Crippen LogP) is 17.7. The molecule has 10 aromatic carbocycles. The van der Waals surface area contributed by atoms with Gasteiger partial charge in [-0.15, -0.1) is 0 Å². The number of hydrogen-bond donors (Lipinski definition) is 0. The van der Waals surface area contributed by atoms with Crippen molar-refractivity contribution in [1.29, 1.82) is 0 Å². The smallest absolute Gasteiger partial charge is 0.0725 e. The molecule has 10 aromatic rings. The molecule has 0 heterocycles. The van der Waals surface area contributed by atoms with Crippen LogP contribution in [0.5, 0.6) is 0 Å². The Labute approximate surface area is 388 Å². The molecule has 1 heteroatoms. The fourth-order valence-electron chi connectivity index (χ4n) is 12.2. The summed E-state index contributed by atoms with van der Waals surface area (Å²) in [6.45, 7) is 0. The van der Waals surface area contributed by atoms with E-state index in [9.17, 15) is 0 Å². The van der Waals surface area contributed by atoms with Crippen LogP contribution in [0, 0.1) is 0 Å². The summed E-state index contributed by atoms with van der Waals surface area (Å²) in [5, 5.41) is 2.49. The lowest BCUT2D eigenvalue weighted by Crippen LogP contribution is -2.25. The first-order chi connectivity index (χ1) is 32.8. The average Bonchev–Trinajstić information content (AvgIpc) is 3.86. The van der Waals surface area contributed by atoms with Crippen molar-refractivity contribution in [2.24, 2.45) is 0 Å². The Bertz CT molecular complexity index is 3390. The van der Waals surface area contributed by atoms with Crippen LogP contribution in [0.3, 0.4) is 0 Å². The van der Waals surface area contributed by atoms with Crippen molar-refractivity contribution in [3.05, 3.63) is 258 Å². The molecule has 66 heavy (non-hydrogen) atoms. The first-order valence-corrected chi connectivity index (χ1v) is 23.9. The van der Waals surface area contributed by atoms with Gasteiger partial charge in [-0.3, -0.25) is 0 Å². The van der Waals surface area contributed by atoms with Crippen LogP contribution < -0.4 is 4.90 Å². The zero-order valence-electron chi connectivity index (χ0n) is 37.0. The van der Waals surface area contributed by atoms with Crippen LogP contribution in [-0.2, 0) is 5.41 Å². The molecule has 13 rings (SSSR count). The van der Waals surface area contributed by atoms with Crippen LogP contribution >= 0.6 is 0 Å².